The van der Waals surface area contributed by atoms with Gasteiger partial charge in [0.1, 0.15) is 0 Å². The van der Waals surface area contributed by atoms with Crippen molar-refractivity contribution in [3.8, 4) is 11.4 Å². The highest BCUT2D eigenvalue weighted by Crippen LogP contribution is 2.37. The zero-order valence-electron chi connectivity index (χ0n) is 16.4. The molecule has 0 unspecified atom stereocenters. The van der Waals surface area contributed by atoms with Crippen LogP contribution in [0.4, 0.5) is 0 Å². The Hall–Kier alpha value is -1.46. The Labute approximate surface area is 175 Å². The molecular formula is C19H27N5O3S2. The molecule has 2 N–H and O–H groups in total. The standard InChI is InChI=1S/C19H27N5O3S2/c20-8-13-28-19-22-21-18(24(19)16-5-1-2-6-16)15-4-3-7-17(14-15)29(25,26)23-9-11-27-12-10-23/h3-4,7,14,16H,1-2,5-6,8-13,20H2. The molecule has 29 heavy (non-hydrogen) atoms. The van der Waals surface area contributed by atoms with Crippen LogP contribution in [0.5, 0.6) is 0 Å². The summed E-state index contributed by atoms with van der Waals surface area (Å²) in [5.74, 6) is 1.51. The molecule has 1 saturated carbocycles. The molecule has 1 saturated heterocycles. The first-order valence-corrected chi connectivity index (χ1v) is 12.5. The lowest BCUT2D eigenvalue weighted by Crippen LogP contribution is -2.40. The number of benzene rings is 1. The minimum absolute atomic E-state index is 0.286. The summed E-state index contributed by atoms with van der Waals surface area (Å²) in [6.07, 6.45) is 4.56. The summed E-state index contributed by atoms with van der Waals surface area (Å²) in [5.41, 5.74) is 6.45. The van der Waals surface area contributed by atoms with Crippen LogP contribution in [0.3, 0.4) is 0 Å². The fraction of sp³-hybridized carbons (Fsp3) is 0.579. The smallest absolute Gasteiger partial charge is 0.243 e. The number of nitrogens with zero attached hydrogens (tertiary/aromatic N) is 4. The van der Waals surface area contributed by atoms with Gasteiger partial charge < -0.3 is 10.5 Å². The van der Waals surface area contributed by atoms with Crippen molar-refractivity contribution in [3.63, 3.8) is 0 Å². The van der Waals surface area contributed by atoms with E-state index in [2.05, 4.69) is 14.8 Å². The number of rotatable bonds is 7. The maximum Gasteiger partial charge on any atom is 0.243 e. The van der Waals surface area contributed by atoms with E-state index in [1.165, 1.54) is 17.1 Å². The second-order valence-electron chi connectivity index (χ2n) is 7.30. The average Bonchev–Trinajstić information content (AvgIpc) is 3.42. The average molecular weight is 438 g/mol. The highest BCUT2D eigenvalue weighted by Gasteiger charge is 2.28. The number of ether oxygens (including phenoxy) is 1. The van der Waals surface area contributed by atoms with E-state index >= 15 is 0 Å². The Balaban J connectivity index is 1.70. The molecule has 2 aliphatic rings. The summed E-state index contributed by atoms with van der Waals surface area (Å²) in [6.45, 7) is 2.19. The van der Waals surface area contributed by atoms with Crippen molar-refractivity contribution in [2.24, 2.45) is 5.73 Å². The molecule has 0 amide bonds. The SMILES string of the molecule is NCCSc1nnc(-c2cccc(S(=O)(=O)N3CCOCC3)c2)n1C1CCCC1. The summed E-state index contributed by atoms with van der Waals surface area (Å²) >= 11 is 1.61. The van der Waals surface area contributed by atoms with Crippen LogP contribution < -0.4 is 5.73 Å². The molecule has 0 radical (unpaired) electrons. The Kier molecular flexibility index (Phi) is 6.55. The van der Waals surface area contributed by atoms with Gasteiger partial charge in [-0.2, -0.15) is 4.31 Å². The van der Waals surface area contributed by atoms with E-state index in [4.69, 9.17) is 10.5 Å². The number of sulfonamides is 1. The van der Waals surface area contributed by atoms with E-state index in [1.807, 2.05) is 6.07 Å². The highest BCUT2D eigenvalue weighted by atomic mass is 32.2. The first-order chi connectivity index (χ1) is 14.1. The van der Waals surface area contributed by atoms with Crippen LogP contribution in [-0.4, -0.2) is 66.1 Å². The molecule has 1 aromatic heterocycles. The molecule has 1 aliphatic heterocycles. The van der Waals surface area contributed by atoms with Gasteiger partial charge in [-0.05, 0) is 25.0 Å². The Morgan fingerprint density at radius 2 is 1.93 bits per heavy atom. The van der Waals surface area contributed by atoms with Gasteiger partial charge in [0.25, 0.3) is 0 Å². The zero-order valence-corrected chi connectivity index (χ0v) is 18.0. The molecule has 0 spiro atoms. The van der Waals surface area contributed by atoms with Gasteiger partial charge in [-0.15, -0.1) is 10.2 Å². The van der Waals surface area contributed by atoms with Crippen LogP contribution in [0, 0.1) is 0 Å². The lowest BCUT2D eigenvalue weighted by molar-refractivity contribution is 0.0730. The topological polar surface area (TPSA) is 103 Å². The minimum atomic E-state index is -3.56. The van der Waals surface area contributed by atoms with Crippen molar-refractivity contribution in [1.82, 2.24) is 19.1 Å². The number of morpholine rings is 1. The van der Waals surface area contributed by atoms with Crippen molar-refractivity contribution in [2.45, 2.75) is 41.8 Å². The quantitative estimate of drug-likeness (QED) is 0.662. The molecule has 0 atom stereocenters. The van der Waals surface area contributed by atoms with Gasteiger partial charge in [-0.3, -0.25) is 4.57 Å². The predicted octanol–water partition coefficient (Wildman–Crippen LogP) is 2.13. The van der Waals surface area contributed by atoms with Crippen LogP contribution in [0.25, 0.3) is 11.4 Å². The largest absolute Gasteiger partial charge is 0.379 e. The van der Waals surface area contributed by atoms with Gasteiger partial charge in [0, 0.05) is 37.0 Å². The van der Waals surface area contributed by atoms with Gasteiger partial charge >= 0.3 is 0 Å². The minimum Gasteiger partial charge on any atom is -0.379 e. The third kappa shape index (κ3) is 4.36. The van der Waals surface area contributed by atoms with Gasteiger partial charge in [0.15, 0.2) is 11.0 Å². The Morgan fingerprint density at radius 1 is 1.17 bits per heavy atom. The molecule has 1 aromatic carbocycles. The van der Waals surface area contributed by atoms with E-state index in [9.17, 15) is 8.42 Å². The van der Waals surface area contributed by atoms with Gasteiger partial charge in [0.2, 0.25) is 10.0 Å². The molecule has 4 rings (SSSR count). The summed E-state index contributed by atoms with van der Waals surface area (Å²) in [5, 5.41) is 9.70. The second-order valence-corrected chi connectivity index (χ2v) is 10.3. The van der Waals surface area contributed by atoms with Crippen LogP contribution in [0.15, 0.2) is 34.3 Å². The van der Waals surface area contributed by atoms with Crippen LogP contribution in [0.2, 0.25) is 0 Å². The van der Waals surface area contributed by atoms with E-state index < -0.39 is 10.0 Å². The van der Waals surface area contributed by atoms with Crippen molar-refractivity contribution >= 4 is 21.8 Å². The van der Waals surface area contributed by atoms with Crippen molar-refractivity contribution in [3.05, 3.63) is 24.3 Å². The number of nitrogens with two attached hydrogens (primary N) is 1. The highest BCUT2D eigenvalue weighted by molar-refractivity contribution is 7.99. The van der Waals surface area contributed by atoms with Gasteiger partial charge in [-0.1, -0.05) is 36.7 Å². The molecule has 2 fully saturated rings. The number of hydrogen-bond acceptors (Lipinski definition) is 7. The lowest BCUT2D eigenvalue weighted by atomic mass is 10.2. The monoisotopic (exact) mass is 437 g/mol. The third-order valence-electron chi connectivity index (χ3n) is 5.40. The Bertz CT molecular complexity index is 935. The van der Waals surface area contributed by atoms with E-state index in [0.717, 1.165) is 35.1 Å². The zero-order chi connectivity index (χ0) is 20.3. The lowest BCUT2D eigenvalue weighted by Gasteiger charge is -2.26. The normalized spacial score (nSPS) is 19.1. The van der Waals surface area contributed by atoms with E-state index in [-0.39, 0.29) is 4.90 Å². The number of hydrogen-bond donors (Lipinski definition) is 1. The fourth-order valence-electron chi connectivity index (χ4n) is 3.95. The van der Waals surface area contributed by atoms with Crippen LogP contribution >= 0.6 is 11.8 Å². The Morgan fingerprint density at radius 3 is 2.66 bits per heavy atom. The fourth-order valence-corrected chi connectivity index (χ4v) is 6.17. The van der Waals surface area contributed by atoms with Crippen molar-refractivity contribution in [2.75, 3.05) is 38.6 Å². The van der Waals surface area contributed by atoms with E-state index in [0.29, 0.717) is 38.9 Å². The molecule has 8 nitrogen and oxygen atoms in total. The molecule has 0 bridgehead atoms. The summed E-state index contributed by atoms with van der Waals surface area (Å²) < 4.78 is 35.1. The number of aromatic nitrogens is 3. The molecule has 10 heteroatoms. The number of thioether (sulfide) groups is 1. The maximum atomic E-state index is 13.1. The maximum absolute atomic E-state index is 13.1. The summed E-state index contributed by atoms with van der Waals surface area (Å²) in [7, 11) is -3.56. The molecular weight excluding hydrogens is 410 g/mol. The molecule has 2 heterocycles. The second kappa shape index (κ2) is 9.13. The van der Waals surface area contributed by atoms with Crippen molar-refractivity contribution < 1.29 is 13.2 Å². The first kappa shape index (κ1) is 20.8. The van der Waals surface area contributed by atoms with Crippen LogP contribution in [-0.2, 0) is 14.8 Å². The van der Waals surface area contributed by atoms with Crippen LogP contribution in [0.1, 0.15) is 31.7 Å². The van der Waals surface area contributed by atoms with Crippen molar-refractivity contribution in [1.29, 1.82) is 0 Å². The van der Waals surface area contributed by atoms with Gasteiger partial charge in [0.05, 0.1) is 18.1 Å². The molecule has 1 aliphatic carbocycles. The summed E-state index contributed by atoms with van der Waals surface area (Å²) in [6, 6.07) is 7.40. The third-order valence-corrected chi connectivity index (χ3v) is 8.27. The molecule has 158 valence electrons. The van der Waals surface area contributed by atoms with E-state index in [1.54, 1.807) is 30.0 Å². The summed E-state index contributed by atoms with van der Waals surface area (Å²) in [4.78, 5) is 0.286. The predicted molar refractivity (Wildman–Crippen MR) is 112 cm³/mol. The molecule has 2 aromatic rings. The first-order valence-electron chi connectivity index (χ1n) is 10.1. The van der Waals surface area contributed by atoms with Gasteiger partial charge in [-0.25, -0.2) is 8.42 Å².